The normalized spacial score (nSPS) is 12.8. The maximum absolute atomic E-state index is 13.4. The second-order valence-electron chi connectivity index (χ2n) is 6.23. The molecule has 0 radical (unpaired) electrons. The van der Waals surface area contributed by atoms with Crippen molar-refractivity contribution in [2.75, 3.05) is 0 Å². The number of carboxylic acid groups (broad SMARTS) is 1. The van der Waals surface area contributed by atoms with Crippen LogP contribution in [0.3, 0.4) is 0 Å². The van der Waals surface area contributed by atoms with E-state index < -0.39 is 46.2 Å². The number of carboxylic acids is 1. The predicted molar refractivity (Wildman–Crippen MR) is 97.8 cm³/mol. The molecule has 0 fully saturated rings. The van der Waals surface area contributed by atoms with Gasteiger partial charge in [0.1, 0.15) is 12.1 Å². The minimum Gasteiger partial charge on any atom is -0.505 e. The lowest BCUT2D eigenvalue weighted by Crippen LogP contribution is -2.36. The van der Waals surface area contributed by atoms with E-state index in [1.165, 1.54) is 12.1 Å². The quantitative estimate of drug-likeness (QED) is 0.214. The second kappa shape index (κ2) is 9.08. The molecular weight excluding hydrogens is 389 g/mol. The Morgan fingerprint density at radius 1 is 1.10 bits per heavy atom. The molecule has 11 heteroatoms. The molecule has 0 aromatic heterocycles. The summed E-state index contributed by atoms with van der Waals surface area (Å²) in [4.78, 5) is 33.5. The Labute approximate surface area is 163 Å². The van der Waals surface area contributed by atoms with E-state index in [4.69, 9.17) is 26.4 Å². The van der Waals surface area contributed by atoms with Crippen LogP contribution in [0, 0.1) is 15.9 Å². The van der Waals surface area contributed by atoms with Crippen LogP contribution in [0.4, 0.5) is 10.1 Å². The van der Waals surface area contributed by atoms with Crippen molar-refractivity contribution < 1.29 is 33.9 Å². The molecule has 0 heterocycles. The average Bonchev–Trinajstić information content (AvgIpc) is 2.65. The predicted octanol–water partition coefficient (Wildman–Crippen LogP) is 0.869. The van der Waals surface area contributed by atoms with Gasteiger partial charge in [0, 0.05) is 6.07 Å². The SMILES string of the molecule is NC(Cc1ccc(O)c(F)c1)C(=O)Oc1ccc(C[C@H](N)C(=O)O)cc1[N+](=O)[O-]. The Balaban J connectivity index is 2.14. The molecule has 154 valence electrons. The van der Waals surface area contributed by atoms with Crippen LogP contribution in [-0.2, 0) is 22.4 Å². The third-order valence-electron chi connectivity index (χ3n) is 3.97. The summed E-state index contributed by atoms with van der Waals surface area (Å²) in [7, 11) is 0. The number of benzene rings is 2. The number of halogens is 1. The van der Waals surface area contributed by atoms with Crippen molar-refractivity contribution in [2.24, 2.45) is 11.5 Å². The first-order valence-corrected chi connectivity index (χ1v) is 8.29. The van der Waals surface area contributed by atoms with Crippen molar-refractivity contribution in [1.29, 1.82) is 0 Å². The minimum atomic E-state index is -1.26. The Bertz CT molecular complexity index is 951. The number of ether oxygens (including phenoxy) is 1. The molecule has 0 saturated heterocycles. The van der Waals surface area contributed by atoms with E-state index in [-0.39, 0.29) is 24.2 Å². The molecule has 0 spiro atoms. The van der Waals surface area contributed by atoms with Crippen LogP contribution in [0.2, 0.25) is 0 Å². The fourth-order valence-electron chi connectivity index (χ4n) is 2.46. The van der Waals surface area contributed by atoms with Crippen LogP contribution < -0.4 is 16.2 Å². The summed E-state index contributed by atoms with van der Waals surface area (Å²) < 4.78 is 18.4. The number of aromatic hydroxyl groups is 1. The molecular formula is C18H18FN3O7. The van der Waals surface area contributed by atoms with Crippen LogP contribution in [-0.4, -0.2) is 39.2 Å². The van der Waals surface area contributed by atoms with Gasteiger partial charge >= 0.3 is 17.6 Å². The van der Waals surface area contributed by atoms with Gasteiger partial charge in [-0.1, -0.05) is 12.1 Å². The third-order valence-corrected chi connectivity index (χ3v) is 3.97. The van der Waals surface area contributed by atoms with Gasteiger partial charge in [-0.3, -0.25) is 14.9 Å². The van der Waals surface area contributed by atoms with Gasteiger partial charge in [0.2, 0.25) is 5.75 Å². The number of nitro groups is 1. The monoisotopic (exact) mass is 407 g/mol. The topological polar surface area (TPSA) is 179 Å². The molecule has 0 bridgehead atoms. The summed E-state index contributed by atoms with van der Waals surface area (Å²) in [5.41, 5.74) is 11.2. The lowest BCUT2D eigenvalue weighted by molar-refractivity contribution is -0.385. The van der Waals surface area contributed by atoms with E-state index in [2.05, 4.69) is 0 Å². The molecule has 29 heavy (non-hydrogen) atoms. The van der Waals surface area contributed by atoms with Crippen LogP contribution in [0.5, 0.6) is 11.5 Å². The smallest absolute Gasteiger partial charge is 0.328 e. The zero-order chi connectivity index (χ0) is 21.7. The summed E-state index contributed by atoms with van der Waals surface area (Å²) in [6, 6.07) is 4.53. The average molecular weight is 407 g/mol. The summed E-state index contributed by atoms with van der Waals surface area (Å²) in [6.07, 6.45) is -0.286. The summed E-state index contributed by atoms with van der Waals surface area (Å²) in [5, 5.41) is 29.3. The number of hydrogen-bond acceptors (Lipinski definition) is 8. The largest absolute Gasteiger partial charge is 0.505 e. The Hall–Kier alpha value is -3.57. The Kier molecular flexibility index (Phi) is 6.80. The molecule has 10 nitrogen and oxygen atoms in total. The number of nitrogens with zero attached hydrogens (tertiary/aromatic N) is 1. The first-order chi connectivity index (χ1) is 13.6. The van der Waals surface area contributed by atoms with E-state index in [1.54, 1.807) is 0 Å². The molecule has 2 atom stereocenters. The van der Waals surface area contributed by atoms with Crippen molar-refractivity contribution in [2.45, 2.75) is 24.9 Å². The van der Waals surface area contributed by atoms with Gasteiger partial charge < -0.3 is 26.4 Å². The van der Waals surface area contributed by atoms with Crippen molar-refractivity contribution in [3.63, 3.8) is 0 Å². The van der Waals surface area contributed by atoms with Gasteiger partial charge in [-0.25, -0.2) is 9.18 Å². The Morgan fingerprint density at radius 2 is 1.69 bits per heavy atom. The fraction of sp³-hybridized carbons (Fsp3) is 0.222. The van der Waals surface area contributed by atoms with Crippen LogP contribution in [0.1, 0.15) is 11.1 Å². The number of rotatable bonds is 8. The van der Waals surface area contributed by atoms with Crippen molar-refractivity contribution in [1.82, 2.24) is 0 Å². The van der Waals surface area contributed by atoms with Gasteiger partial charge in [0.05, 0.1) is 4.92 Å². The number of nitrogens with two attached hydrogens (primary N) is 2. The van der Waals surface area contributed by atoms with E-state index in [1.807, 2.05) is 0 Å². The Morgan fingerprint density at radius 3 is 2.28 bits per heavy atom. The zero-order valence-electron chi connectivity index (χ0n) is 14.9. The maximum atomic E-state index is 13.4. The fourth-order valence-corrected chi connectivity index (χ4v) is 2.46. The molecule has 0 aliphatic rings. The molecule has 0 amide bonds. The summed E-state index contributed by atoms with van der Waals surface area (Å²) >= 11 is 0. The van der Waals surface area contributed by atoms with E-state index in [0.29, 0.717) is 5.56 Å². The highest BCUT2D eigenvalue weighted by Gasteiger charge is 2.24. The molecule has 0 aliphatic heterocycles. The number of phenolic OH excluding ortho intramolecular Hbond substituents is 1. The number of esters is 1. The number of phenols is 1. The highest BCUT2D eigenvalue weighted by atomic mass is 19.1. The van der Waals surface area contributed by atoms with Gasteiger partial charge in [-0.15, -0.1) is 0 Å². The lowest BCUT2D eigenvalue weighted by Gasteiger charge is -2.13. The van der Waals surface area contributed by atoms with Crippen molar-refractivity contribution in [3.05, 3.63) is 63.5 Å². The number of carbonyl (C=O) groups is 2. The van der Waals surface area contributed by atoms with E-state index in [0.717, 1.165) is 24.3 Å². The first kappa shape index (κ1) is 21.7. The zero-order valence-corrected chi connectivity index (χ0v) is 14.9. The maximum Gasteiger partial charge on any atom is 0.328 e. The molecule has 2 rings (SSSR count). The molecule has 1 unspecified atom stereocenters. The van der Waals surface area contributed by atoms with Crippen LogP contribution >= 0.6 is 0 Å². The highest BCUT2D eigenvalue weighted by Crippen LogP contribution is 2.29. The highest BCUT2D eigenvalue weighted by molar-refractivity contribution is 5.79. The third kappa shape index (κ3) is 5.70. The second-order valence-corrected chi connectivity index (χ2v) is 6.23. The lowest BCUT2D eigenvalue weighted by atomic mass is 10.1. The van der Waals surface area contributed by atoms with Crippen LogP contribution in [0.25, 0.3) is 0 Å². The number of carbonyl (C=O) groups excluding carboxylic acids is 1. The minimum absolute atomic E-state index is 0.130. The van der Waals surface area contributed by atoms with Gasteiger partial charge in [0.15, 0.2) is 11.6 Å². The molecule has 0 saturated carbocycles. The number of nitro benzene ring substituents is 1. The van der Waals surface area contributed by atoms with Crippen molar-refractivity contribution in [3.8, 4) is 11.5 Å². The molecule has 2 aromatic rings. The van der Waals surface area contributed by atoms with Crippen molar-refractivity contribution >= 4 is 17.6 Å². The van der Waals surface area contributed by atoms with Gasteiger partial charge in [0.25, 0.3) is 0 Å². The van der Waals surface area contributed by atoms with E-state index in [9.17, 15) is 24.1 Å². The number of aliphatic carboxylic acids is 1. The summed E-state index contributed by atoms with van der Waals surface area (Å²) in [6.45, 7) is 0. The molecule has 0 aliphatic carbocycles. The standard InChI is InChI=1S/C18H18FN3O7/c19-11-5-9(1-3-15(11)23)7-13(21)18(26)29-16-4-2-10(6-12(20)17(24)25)8-14(16)22(27)28/h1-5,8,12-13,23H,6-7,20-21H2,(H,24,25)/t12-,13?/m0/s1. The van der Waals surface area contributed by atoms with Crippen LogP contribution in [0.15, 0.2) is 36.4 Å². The summed E-state index contributed by atoms with van der Waals surface area (Å²) in [5.74, 6) is -4.06. The molecule has 6 N–H and O–H groups in total. The van der Waals surface area contributed by atoms with Gasteiger partial charge in [-0.05, 0) is 42.2 Å². The van der Waals surface area contributed by atoms with Gasteiger partial charge in [-0.2, -0.15) is 0 Å². The number of hydrogen-bond donors (Lipinski definition) is 4. The molecule has 2 aromatic carbocycles. The first-order valence-electron chi connectivity index (χ1n) is 8.29. The van der Waals surface area contributed by atoms with E-state index >= 15 is 0 Å².